The predicted octanol–water partition coefficient (Wildman–Crippen LogP) is 1.31. The maximum atomic E-state index is 12.6. The molecule has 0 aliphatic carbocycles. The first-order chi connectivity index (χ1) is 12.3. The van der Waals surface area contributed by atoms with Gasteiger partial charge in [-0.1, -0.05) is 0 Å². The molecule has 0 aromatic carbocycles. The summed E-state index contributed by atoms with van der Waals surface area (Å²) in [5.74, 6) is -0.710. The number of nitrogens with one attached hydrogen (secondary N) is 2. The summed E-state index contributed by atoms with van der Waals surface area (Å²) >= 11 is 3.27. The van der Waals surface area contributed by atoms with Crippen LogP contribution in [0.2, 0.25) is 0 Å². The third kappa shape index (κ3) is 3.67. The van der Waals surface area contributed by atoms with E-state index in [1.807, 2.05) is 6.92 Å². The average Bonchev–Trinajstić information content (AvgIpc) is 3.23. The number of anilines is 2. The molecule has 11 heteroatoms. The van der Waals surface area contributed by atoms with Crippen LogP contribution in [-0.2, 0) is 25.4 Å². The van der Waals surface area contributed by atoms with Crippen LogP contribution in [0, 0.1) is 6.92 Å². The van der Waals surface area contributed by atoms with Crippen molar-refractivity contribution in [3.8, 4) is 0 Å². The largest absolute Gasteiger partial charge is 0.321 e. The monoisotopic (exact) mass is 420 g/mol. The molecular weight excluding hydrogens is 404 g/mol. The molecule has 0 bridgehead atoms. The number of hydrogen-bond donors (Lipinski definition) is 2. The Morgan fingerprint density at radius 1 is 1.04 bits per heavy atom. The number of hydrogen-bond acceptors (Lipinski definition) is 5. The molecule has 0 atom stereocenters. The maximum absolute atomic E-state index is 12.6. The molecule has 0 fully saturated rings. The lowest BCUT2D eigenvalue weighted by molar-refractivity contribution is -0.116. The summed E-state index contributed by atoms with van der Waals surface area (Å²) in [6, 6.07) is 0. The second kappa shape index (κ2) is 7.12. The van der Waals surface area contributed by atoms with Crippen molar-refractivity contribution in [1.29, 1.82) is 0 Å². The number of nitrogens with zero attached hydrogens (tertiary/aromatic N) is 6. The summed E-state index contributed by atoms with van der Waals surface area (Å²) in [6.45, 7) is 1.86. The normalized spacial score (nSPS) is 10.8. The van der Waals surface area contributed by atoms with E-state index in [2.05, 4.69) is 41.9 Å². The van der Waals surface area contributed by atoms with Crippen LogP contribution in [-0.4, -0.2) is 41.2 Å². The summed E-state index contributed by atoms with van der Waals surface area (Å²) in [5, 5.41) is 17.7. The molecule has 0 saturated heterocycles. The third-order valence-electron chi connectivity index (χ3n) is 3.82. The number of rotatable bonds is 5. The van der Waals surface area contributed by atoms with Crippen molar-refractivity contribution < 1.29 is 9.59 Å². The van der Waals surface area contributed by atoms with Gasteiger partial charge < -0.3 is 10.6 Å². The van der Waals surface area contributed by atoms with Gasteiger partial charge in [0.25, 0.3) is 5.91 Å². The van der Waals surface area contributed by atoms with E-state index in [1.54, 1.807) is 37.4 Å². The Morgan fingerprint density at radius 2 is 1.73 bits per heavy atom. The summed E-state index contributed by atoms with van der Waals surface area (Å²) in [6.07, 6.45) is 6.27. The maximum Gasteiger partial charge on any atom is 0.276 e. The zero-order chi connectivity index (χ0) is 18.8. The Kier molecular flexibility index (Phi) is 4.89. The van der Waals surface area contributed by atoms with Gasteiger partial charge in [0.2, 0.25) is 5.91 Å². The van der Waals surface area contributed by atoms with Crippen LogP contribution in [0.25, 0.3) is 0 Å². The van der Waals surface area contributed by atoms with Crippen LogP contribution >= 0.6 is 15.9 Å². The van der Waals surface area contributed by atoms with E-state index in [1.165, 1.54) is 15.6 Å². The van der Waals surface area contributed by atoms with Crippen molar-refractivity contribution in [1.82, 2.24) is 29.3 Å². The van der Waals surface area contributed by atoms with Gasteiger partial charge in [0.05, 0.1) is 40.1 Å². The Morgan fingerprint density at radius 3 is 2.35 bits per heavy atom. The zero-order valence-electron chi connectivity index (χ0n) is 14.4. The first kappa shape index (κ1) is 17.9. The Hall–Kier alpha value is -2.95. The number of aryl methyl sites for hydroxylation is 2. The zero-order valence-corrected chi connectivity index (χ0v) is 16.0. The number of carbonyl (C=O) groups excluding carboxylic acids is 2. The number of aromatic nitrogens is 6. The van der Waals surface area contributed by atoms with E-state index in [0.29, 0.717) is 11.4 Å². The van der Waals surface area contributed by atoms with Crippen molar-refractivity contribution in [2.24, 2.45) is 14.1 Å². The fourth-order valence-corrected chi connectivity index (χ4v) is 2.69. The highest BCUT2D eigenvalue weighted by Gasteiger charge is 2.20. The highest BCUT2D eigenvalue weighted by Crippen LogP contribution is 2.18. The van der Waals surface area contributed by atoms with Crippen LogP contribution in [0.5, 0.6) is 0 Å². The lowest BCUT2D eigenvalue weighted by atomic mass is 10.3. The van der Waals surface area contributed by atoms with Crippen LogP contribution < -0.4 is 10.6 Å². The quantitative estimate of drug-likeness (QED) is 0.646. The Bertz CT molecular complexity index is 970. The first-order valence-corrected chi connectivity index (χ1v) is 8.44. The van der Waals surface area contributed by atoms with E-state index in [0.717, 1.165) is 10.2 Å². The molecule has 2 N–H and O–H groups in total. The minimum atomic E-state index is -0.391. The molecule has 2 amide bonds. The molecule has 3 aromatic heterocycles. The van der Waals surface area contributed by atoms with Crippen LogP contribution in [0.15, 0.2) is 29.3 Å². The summed E-state index contributed by atoms with van der Waals surface area (Å²) in [7, 11) is 3.42. The van der Waals surface area contributed by atoms with Gasteiger partial charge in [-0.05, 0) is 22.9 Å². The molecule has 0 radical (unpaired) electrons. The van der Waals surface area contributed by atoms with E-state index in [9.17, 15) is 9.59 Å². The van der Waals surface area contributed by atoms with E-state index in [4.69, 9.17) is 0 Å². The smallest absolute Gasteiger partial charge is 0.276 e. The predicted molar refractivity (Wildman–Crippen MR) is 97.7 cm³/mol. The second-order valence-electron chi connectivity index (χ2n) is 5.66. The topological polar surface area (TPSA) is 112 Å². The fraction of sp³-hybridized carbons (Fsp3) is 0.267. The van der Waals surface area contributed by atoms with Crippen molar-refractivity contribution >= 4 is 39.1 Å². The number of amides is 2. The molecule has 0 spiro atoms. The Labute approximate surface area is 157 Å². The number of carbonyl (C=O) groups is 2. The van der Waals surface area contributed by atoms with Crippen molar-refractivity contribution in [3.05, 3.63) is 40.6 Å². The molecule has 3 rings (SSSR count). The van der Waals surface area contributed by atoms with Crippen molar-refractivity contribution in [2.45, 2.75) is 13.5 Å². The molecule has 3 heterocycles. The highest BCUT2D eigenvalue weighted by molar-refractivity contribution is 9.10. The molecule has 0 aliphatic rings. The van der Waals surface area contributed by atoms with Crippen LogP contribution in [0.1, 0.15) is 16.2 Å². The number of halogens is 1. The third-order valence-corrected chi connectivity index (χ3v) is 4.23. The minimum absolute atomic E-state index is 0.0171. The van der Waals surface area contributed by atoms with Crippen LogP contribution in [0.4, 0.5) is 11.4 Å². The average molecular weight is 421 g/mol. The van der Waals surface area contributed by atoms with Crippen molar-refractivity contribution in [3.63, 3.8) is 0 Å². The SMILES string of the molecule is Cc1c(NC(=O)c2c(NC(=O)Cn3cc(Br)cn3)cnn2C)cnn1C. The molecule has 136 valence electrons. The van der Waals surface area contributed by atoms with Gasteiger partial charge in [-0.3, -0.25) is 23.6 Å². The standard InChI is InChI=1S/C15H17BrN8O2/c1-9-11(5-17-22(9)2)21-15(26)14-12(6-18-23(14)3)20-13(25)8-24-7-10(16)4-19-24/h4-7H,8H2,1-3H3,(H,20,25)(H,21,26). The molecule has 0 aliphatic heterocycles. The lowest BCUT2D eigenvalue weighted by Crippen LogP contribution is -2.22. The summed E-state index contributed by atoms with van der Waals surface area (Å²) in [4.78, 5) is 24.9. The summed E-state index contributed by atoms with van der Waals surface area (Å²) in [5.41, 5.74) is 1.97. The van der Waals surface area contributed by atoms with Crippen LogP contribution in [0.3, 0.4) is 0 Å². The van der Waals surface area contributed by atoms with E-state index >= 15 is 0 Å². The van der Waals surface area contributed by atoms with E-state index < -0.39 is 5.91 Å². The van der Waals surface area contributed by atoms with Gasteiger partial charge in [-0.25, -0.2) is 0 Å². The molecule has 26 heavy (non-hydrogen) atoms. The van der Waals surface area contributed by atoms with Gasteiger partial charge in [-0.15, -0.1) is 0 Å². The molecule has 3 aromatic rings. The van der Waals surface area contributed by atoms with Gasteiger partial charge in [0.15, 0.2) is 0 Å². The van der Waals surface area contributed by atoms with E-state index in [-0.39, 0.29) is 18.1 Å². The van der Waals surface area contributed by atoms with Gasteiger partial charge in [-0.2, -0.15) is 15.3 Å². The fourth-order valence-electron chi connectivity index (χ4n) is 2.36. The van der Waals surface area contributed by atoms with Gasteiger partial charge >= 0.3 is 0 Å². The molecule has 0 saturated carbocycles. The first-order valence-electron chi connectivity index (χ1n) is 7.65. The summed E-state index contributed by atoms with van der Waals surface area (Å²) < 4.78 is 5.32. The molecular formula is C15H17BrN8O2. The minimum Gasteiger partial charge on any atom is -0.321 e. The Balaban J connectivity index is 1.74. The molecule has 10 nitrogen and oxygen atoms in total. The van der Waals surface area contributed by atoms with Gasteiger partial charge in [0.1, 0.15) is 12.2 Å². The van der Waals surface area contributed by atoms with Gasteiger partial charge in [0, 0.05) is 20.3 Å². The second-order valence-corrected chi connectivity index (χ2v) is 6.57. The van der Waals surface area contributed by atoms with Crippen molar-refractivity contribution in [2.75, 3.05) is 10.6 Å². The molecule has 0 unspecified atom stereocenters. The lowest BCUT2D eigenvalue weighted by Gasteiger charge is -2.09. The highest BCUT2D eigenvalue weighted by atomic mass is 79.9.